The first-order valence-corrected chi connectivity index (χ1v) is 9.62. The predicted octanol–water partition coefficient (Wildman–Crippen LogP) is 2.55. The first-order valence-electron chi connectivity index (χ1n) is 6.91. The normalized spacial score (nSPS) is 11.6. The molecular weight excluding hydrogens is 282 g/mol. The molecule has 0 saturated carbocycles. The van der Waals surface area contributed by atoms with Gasteiger partial charge in [-0.25, -0.2) is 9.97 Å². The summed E-state index contributed by atoms with van der Waals surface area (Å²) in [6.45, 7) is 5.92. The molecular formula is C14H18N5OSi. The van der Waals surface area contributed by atoms with E-state index in [0.717, 1.165) is 28.9 Å². The Morgan fingerprint density at radius 1 is 1.33 bits per heavy atom. The van der Waals surface area contributed by atoms with Crippen LogP contribution >= 0.6 is 0 Å². The van der Waals surface area contributed by atoms with Crippen LogP contribution in [-0.2, 0) is 11.5 Å². The van der Waals surface area contributed by atoms with Crippen LogP contribution in [0.15, 0.2) is 31.0 Å². The van der Waals surface area contributed by atoms with Crippen LogP contribution in [0.25, 0.3) is 22.3 Å². The maximum atomic E-state index is 5.74. The molecule has 7 heteroatoms. The van der Waals surface area contributed by atoms with E-state index in [2.05, 4.69) is 33.3 Å². The van der Waals surface area contributed by atoms with E-state index in [1.165, 1.54) is 6.04 Å². The average Bonchev–Trinajstić information content (AvgIpc) is 3.13. The molecule has 0 atom stereocenters. The number of aromatic nitrogens is 5. The second-order valence-electron chi connectivity index (χ2n) is 5.23. The number of fused-ring (bicyclic) bond motifs is 1. The lowest BCUT2D eigenvalue weighted by atomic mass is 10.2. The summed E-state index contributed by atoms with van der Waals surface area (Å²) in [6.07, 6.45) is 7.18. The third kappa shape index (κ3) is 3.03. The number of ether oxygens (including phenoxy) is 1. The van der Waals surface area contributed by atoms with Gasteiger partial charge in [-0.2, -0.15) is 5.10 Å². The van der Waals surface area contributed by atoms with E-state index in [1.807, 2.05) is 23.0 Å². The van der Waals surface area contributed by atoms with Crippen molar-refractivity contribution >= 4 is 19.8 Å². The van der Waals surface area contributed by atoms with Crippen LogP contribution in [0.1, 0.15) is 0 Å². The van der Waals surface area contributed by atoms with E-state index >= 15 is 0 Å². The van der Waals surface area contributed by atoms with E-state index < -0.39 is 0 Å². The first-order chi connectivity index (χ1) is 10.3. The van der Waals surface area contributed by atoms with Crippen LogP contribution < -0.4 is 0 Å². The number of H-pyrrole nitrogens is 1. The smallest absolute Gasteiger partial charge is 0.145 e. The van der Waals surface area contributed by atoms with Gasteiger partial charge in [-0.1, -0.05) is 13.1 Å². The summed E-state index contributed by atoms with van der Waals surface area (Å²) in [5, 5.41) is 7.80. The van der Waals surface area contributed by atoms with Crippen LogP contribution in [0.5, 0.6) is 0 Å². The maximum absolute atomic E-state index is 5.74. The van der Waals surface area contributed by atoms with Gasteiger partial charge in [0.1, 0.15) is 18.7 Å². The molecule has 109 valence electrons. The molecule has 3 aromatic rings. The molecule has 3 aromatic heterocycles. The second-order valence-corrected chi connectivity index (χ2v) is 8.14. The van der Waals surface area contributed by atoms with Crippen molar-refractivity contribution in [2.24, 2.45) is 0 Å². The number of nitrogens with one attached hydrogen (secondary N) is 1. The zero-order valence-electron chi connectivity index (χ0n) is 12.2. The molecule has 6 nitrogen and oxygen atoms in total. The van der Waals surface area contributed by atoms with Gasteiger partial charge in [-0.05, 0) is 12.1 Å². The minimum atomic E-state index is -0.224. The Hall–Kier alpha value is -1.99. The Labute approximate surface area is 124 Å². The van der Waals surface area contributed by atoms with Gasteiger partial charge in [0.05, 0.1) is 11.9 Å². The van der Waals surface area contributed by atoms with Crippen LogP contribution in [0.2, 0.25) is 19.1 Å². The second kappa shape index (κ2) is 6.19. The van der Waals surface area contributed by atoms with Crippen molar-refractivity contribution in [1.29, 1.82) is 0 Å². The van der Waals surface area contributed by atoms with E-state index in [9.17, 15) is 0 Å². The molecule has 0 unspecified atom stereocenters. The van der Waals surface area contributed by atoms with Gasteiger partial charge in [-0.15, -0.1) is 0 Å². The Morgan fingerprint density at radius 2 is 2.24 bits per heavy atom. The molecule has 0 aromatic carbocycles. The zero-order chi connectivity index (χ0) is 14.7. The summed E-state index contributed by atoms with van der Waals surface area (Å²) in [6, 6.07) is 3.19. The van der Waals surface area contributed by atoms with E-state index in [4.69, 9.17) is 4.74 Å². The molecule has 21 heavy (non-hydrogen) atoms. The molecule has 0 aliphatic heterocycles. The van der Waals surface area contributed by atoms with Crippen molar-refractivity contribution in [3.63, 3.8) is 0 Å². The number of hydrogen-bond donors (Lipinski definition) is 1. The fourth-order valence-electron chi connectivity index (χ4n) is 2.16. The number of aromatic amines is 1. The van der Waals surface area contributed by atoms with Crippen LogP contribution in [0, 0.1) is 0 Å². The van der Waals surface area contributed by atoms with E-state index in [0.29, 0.717) is 6.73 Å². The van der Waals surface area contributed by atoms with Gasteiger partial charge in [0.2, 0.25) is 0 Å². The highest BCUT2D eigenvalue weighted by molar-refractivity contribution is 6.55. The van der Waals surface area contributed by atoms with Gasteiger partial charge in [0.25, 0.3) is 0 Å². The fourth-order valence-corrected chi connectivity index (χ4v) is 2.71. The fraction of sp³-hybridized carbons (Fsp3) is 0.357. The minimum absolute atomic E-state index is 0.224. The Kier molecular flexibility index (Phi) is 4.12. The molecule has 0 spiro atoms. The Bertz CT molecular complexity index is 707. The van der Waals surface area contributed by atoms with Crippen molar-refractivity contribution in [2.45, 2.75) is 25.9 Å². The number of nitrogens with zero attached hydrogens (tertiary/aromatic N) is 4. The molecule has 1 radical (unpaired) electrons. The lowest BCUT2D eigenvalue weighted by molar-refractivity contribution is 0.0902. The van der Waals surface area contributed by atoms with E-state index in [1.54, 1.807) is 12.5 Å². The summed E-state index contributed by atoms with van der Waals surface area (Å²) in [5.41, 5.74) is 2.74. The Balaban J connectivity index is 1.81. The lowest BCUT2D eigenvalue weighted by Crippen LogP contribution is -2.08. The minimum Gasteiger partial charge on any atom is -0.361 e. The molecule has 0 fully saturated rings. The molecule has 0 saturated heterocycles. The van der Waals surface area contributed by atoms with Crippen molar-refractivity contribution in [1.82, 2.24) is 24.7 Å². The summed E-state index contributed by atoms with van der Waals surface area (Å²) >= 11 is 0. The molecule has 3 rings (SSSR count). The number of hydrogen-bond acceptors (Lipinski definition) is 4. The molecule has 0 aliphatic carbocycles. The summed E-state index contributed by atoms with van der Waals surface area (Å²) in [5.74, 6) is 0. The van der Waals surface area contributed by atoms with Crippen molar-refractivity contribution in [3.8, 4) is 11.3 Å². The number of rotatable bonds is 6. The van der Waals surface area contributed by atoms with Gasteiger partial charge in [0.15, 0.2) is 0 Å². The van der Waals surface area contributed by atoms with Crippen molar-refractivity contribution in [3.05, 3.63) is 31.0 Å². The highest BCUT2D eigenvalue weighted by Crippen LogP contribution is 2.24. The van der Waals surface area contributed by atoms with E-state index in [-0.39, 0.29) is 8.80 Å². The topological polar surface area (TPSA) is 68.6 Å². The van der Waals surface area contributed by atoms with Gasteiger partial charge in [-0.3, -0.25) is 5.10 Å². The SMILES string of the molecule is C[Si](C)CCOCn1ccc2c(-c3cn[nH]c3)ncnc21. The molecule has 3 heterocycles. The third-order valence-electron chi connectivity index (χ3n) is 3.30. The first kappa shape index (κ1) is 14.0. The van der Waals surface area contributed by atoms with Crippen LogP contribution in [-0.4, -0.2) is 40.1 Å². The summed E-state index contributed by atoms with van der Waals surface area (Å²) < 4.78 is 7.75. The molecule has 1 N–H and O–H groups in total. The van der Waals surface area contributed by atoms with Crippen LogP contribution in [0.4, 0.5) is 0 Å². The largest absolute Gasteiger partial charge is 0.361 e. The standard InChI is InChI=1S/C14H18N5OSi/c1-21(2)6-5-20-10-19-4-3-12-13(11-7-17-18-8-11)15-9-16-14(12)19/h3-4,7-9H,5-6,10H2,1-2H3,(H,17,18). The maximum Gasteiger partial charge on any atom is 0.145 e. The molecule has 0 amide bonds. The predicted molar refractivity (Wildman–Crippen MR) is 83.4 cm³/mol. The van der Waals surface area contributed by atoms with Gasteiger partial charge in [0, 0.05) is 38.7 Å². The monoisotopic (exact) mass is 300 g/mol. The van der Waals surface area contributed by atoms with Gasteiger partial charge < -0.3 is 9.30 Å². The summed E-state index contributed by atoms with van der Waals surface area (Å²) in [4.78, 5) is 8.73. The van der Waals surface area contributed by atoms with Crippen molar-refractivity contribution in [2.75, 3.05) is 6.61 Å². The third-order valence-corrected chi connectivity index (χ3v) is 4.51. The quantitative estimate of drug-likeness (QED) is 0.561. The van der Waals surface area contributed by atoms with Crippen molar-refractivity contribution < 1.29 is 4.74 Å². The lowest BCUT2D eigenvalue weighted by Gasteiger charge is -2.07. The summed E-state index contributed by atoms with van der Waals surface area (Å²) in [7, 11) is -0.224. The average molecular weight is 300 g/mol. The molecule has 0 aliphatic rings. The highest BCUT2D eigenvalue weighted by atomic mass is 28.3. The highest BCUT2D eigenvalue weighted by Gasteiger charge is 2.10. The van der Waals surface area contributed by atoms with Gasteiger partial charge >= 0.3 is 0 Å². The van der Waals surface area contributed by atoms with Crippen LogP contribution in [0.3, 0.4) is 0 Å². The molecule has 0 bridgehead atoms. The zero-order valence-corrected chi connectivity index (χ0v) is 13.2. The Morgan fingerprint density at radius 3 is 3.00 bits per heavy atom.